The zero-order valence-electron chi connectivity index (χ0n) is 12.2. The Morgan fingerprint density at radius 1 is 1.37 bits per heavy atom. The summed E-state index contributed by atoms with van der Waals surface area (Å²) in [6.07, 6.45) is 2.66. The first-order valence-electron chi connectivity index (χ1n) is 7.41. The number of hydrogen-bond donors (Lipinski definition) is 1. The van der Waals surface area contributed by atoms with E-state index >= 15 is 0 Å². The Kier molecular flexibility index (Phi) is 5.67. The predicted molar refractivity (Wildman–Crippen MR) is 79.5 cm³/mol. The standard InChI is InChI=1S/C16H26N2O/c1-3-14-8-9-18(13-14)10-11-19-16-7-5-4-6-15(16)12-17-2/h4-7,14,17H,3,8-13H2,1-2H3. The van der Waals surface area contributed by atoms with Crippen molar-refractivity contribution >= 4 is 0 Å². The molecule has 0 bridgehead atoms. The summed E-state index contributed by atoms with van der Waals surface area (Å²) in [6, 6.07) is 8.28. The number of benzene rings is 1. The zero-order valence-corrected chi connectivity index (χ0v) is 12.2. The van der Waals surface area contributed by atoms with Crippen LogP contribution < -0.4 is 10.1 Å². The molecule has 1 fully saturated rings. The Bertz CT molecular complexity index is 381. The highest BCUT2D eigenvalue weighted by Crippen LogP contribution is 2.20. The number of nitrogens with one attached hydrogen (secondary N) is 1. The largest absolute Gasteiger partial charge is 0.492 e. The SMILES string of the molecule is CCC1CCN(CCOc2ccccc2CNC)C1. The van der Waals surface area contributed by atoms with Crippen molar-refractivity contribution in [3.63, 3.8) is 0 Å². The maximum Gasteiger partial charge on any atom is 0.123 e. The van der Waals surface area contributed by atoms with Crippen LogP contribution in [0.3, 0.4) is 0 Å². The van der Waals surface area contributed by atoms with Crippen LogP contribution in [0.25, 0.3) is 0 Å². The maximum atomic E-state index is 5.94. The molecule has 0 saturated carbocycles. The first-order chi connectivity index (χ1) is 9.33. The molecule has 1 unspecified atom stereocenters. The molecular formula is C16H26N2O. The molecule has 3 nitrogen and oxygen atoms in total. The van der Waals surface area contributed by atoms with Crippen molar-refractivity contribution in [1.29, 1.82) is 0 Å². The third-order valence-electron chi connectivity index (χ3n) is 3.95. The molecule has 1 saturated heterocycles. The molecule has 1 N–H and O–H groups in total. The molecule has 0 amide bonds. The second-order valence-electron chi connectivity index (χ2n) is 5.35. The van der Waals surface area contributed by atoms with Crippen LogP contribution in [-0.4, -0.2) is 38.2 Å². The van der Waals surface area contributed by atoms with Crippen molar-refractivity contribution < 1.29 is 4.74 Å². The van der Waals surface area contributed by atoms with Crippen LogP contribution in [0.2, 0.25) is 0 Å². The highest BCUT2D eigenvalue weighted by Gasteiger charge is 2.20. The van der Waals surface area contributed by atoms with Crippen LogP contribution in [-0.2, 0) is 6.54 Å². The lowest BCUT2D eigenvalue weighted by Crippen LogP contribution is -2.26. The third-order valence-corrected chi connectivity index (χ3v) is 3.95. The lowest BCUT2D eigenvalue weighted by molar-refractivity contribution is 0.231. The van der Waals surface area contributed by atoms with Gasteiger partial charge in [-0.15, -0.1) is 0 Å². The van der Waals surface area contributed by atoms with Gasteiger partial charge in [0, 0.05) is 25.2 Å². The van der Waals surface area contributed by atoms with Gasteiger partial charge in [0.2, 0.25) is 0 Å². The lowest BCUT2D eigenvalue weighted by atomic mass is 10.1. The van der Waals surface area contributed by atoms with Gasteiger partial charge in [0.05, 0.1) is 0 Å². The number of likely N-dealkylation sites (tertiary alicyclic amines) is 1. The van der Waals surface area contributed by atoms with Crippen LogP contribution >= 0.6 is 0 Å². The summed E-state index contributed by atoms with van der Waals surface area (Å²) in [5, 5.41) is 3.18. The Morgan fingerprint density at radius 3 is 2.95 bits per heavy atom. The fourth-order valence-electron chi connectivity index (χ4n) is 2.72. The summed E-state index contributed by atoms with van der Waals surface area (Å²) >= 11 is 0. The van der Waals surface area contributed by atoms with Crippen LogP contribution in [0, 0.1) is 5.92 Å². The van der Waals surface area contributed by atoms with E-state index in [1.165, 1.54) is 31.5 Å². The minimum atomic E-state index is 0.789. The highest BCUT2D eigenvalue weighted by molar-refractivity contribution is 5.33. The van der Waals surface area contributed by atoms with E-state index in [-0.39, 0.29) is 0 Å². The predicted octanol–water partition coefficient (Wildman–Crippen LogP) is 2.52. The Hall–Kier alpha value is -1.06. The molecule has 2 rings (SSSR count). The van der Waals surface area contributed by atoms with Crippen molar-refractivity contribution in [3.05, 3.63) is 29.8 Å². The molecule has 1 aliphatic rings. The molecule has 1 aromatic rings. The minimum absolute atomic E-state index is 0.789. The molecule has 0 aromatic heterocycles. The van der Waals surface area contributed by atoms with E-state index in [1.54, 1.807) is 0 Å². The fourth-order valence-corrected chi connectivity index (χ4v) is 2.72. The van der Waals surface area contributed by atoms with Crippen LogP contribution in [0.15, 0.2) is 24.3 Å². The average Bonchev–Trinajstić information content (AvgIpc) is 2.89. The number of para-hydroxylation sites is 1. The Balaban J connectivity index is 1.76. The summed E-state index contributed by atoms with van der Waals surface area (Å²) in [5.41, 5.74) is 1.23. The second kappa shape index (κ2) is 7.51. The number of hydrogen-bond acceptors (Lipinski definition) is 3. The Morgan fingerprint density at radius 2 is 2.21 bits per heavy atom. The van der Waals surface area contributed by atoms with Gasteiger partial charge in [-0.05, 0) is 32.0 Å². The third kappa shape index (κ3) is 4.22. The van der Waals surface area contributed by atoms with Crippen molar-refractivity contribution in [3.8, 4) is 5.75 Å². The smallest absolute Gasteiger partial charge is 0.123 e. The van der Waals surface area contributed by atoms with E-state index in [2.05, 4.69) is 35.3 Å². The first-order valence-corrected chi connectivity index (χ1v) is 7.41. The molecule has 106 valence electrons. The van der Waals surface area contributed by atoms with E-state index in [4.69, 9.17) is 4.74 Å². The van der Waals surface area contributed by atoms with Crippen LogP contribution in [0.1, 0.15) is 25.3 Å². The molecule has 19 heavy (non-hydrogen) atoms. The van der Waals surface area contributed by atoms with Gasteiger partial charge < -0.3 is 10.1 Å². The van der Waals surface area contributed by atoms with Gasteiger partial charge in [0.15, 0.2) is 0 Å². The molecule has 0 aliphatic carbocycles. The van der Waals surface area contributed by atoms with Gasteiger partial charge in [0.1, 0.15) is 12.4 Å². The number of rotatable bonds is 7. The van der Waals surface area contributed by atoms with Gasteiger partial charge in [-0.1, -0.05) is 31.5 Å². The summed E-state index contributed by atoms with van der Waals surface area (Å²) in [4.78, 5) is 2.52. The molecular weight excluding hydrogens is 236 g/mol. The molecule has 1 aromatic carbocycles. The van der Waals surface area contributed by atoms with Crippen molar-refractivity contribution in [2.24, 2.45) is 5.92 Å². The topological polar surface area (TPSA) is 24.5 Å². The number of nitrogens with zero attached hydrogens (tertiary/aromatic N) is 1. The quantitative estimate of drug-likeness (QED) is 0.817. The summed E-state index contributed by atoms with van der Waals surface area (Å²) in [7, 11) is 1.96. The normalized spacial score (nSPS) is 19.8. The molecule has 1 aliphatic heterocycles. The van der Waals surface area contributed by atoms with Crippen molar-refractivity contribution in [2.75, 3.05) is 33.3 Å². The van der Waals surface area contributed by atoms with Crippen LogP contribution in [0.5, 0.6) is 5.75 Å². The van der Waals surface area contributed by atoms with Gasteiger partial charge in [-0.2, -0.15) is 0 Å². The molecule has 1 atom stereocenters. The summed E-state index contributed by atoms with van der Waals surface area (Å²) in [6.45, 7) is 7.47. The highest BCUT2D eigenvalue weighted by atomic mass is 16.5. The average molecular weight is 262 g/mol. The Labute approximate surface area is 116 Å². The summed E-state index contributed by atoms with van der Waals surface area (Å²) < 4.78 is 5.94. The minimum Gasteiger partial charge on any atom is -0.492 e. The zero-order chi connectivity index (χ0) is 13.5. The van der Waals surface area contributed by atoms with Gasteiger partial charge >= 0.3 is 0 Å². The molecule has 1 heterocycles. The molecule has 0 spiro atoms. The van der Waals surface area contributed by atoms with Gasteiger partial charge in [-0.25, -0.2) is 0 Å². The summed E-state index contributed by atoms with van der Waals surface area (Å²) in [5.74, 6) is 1.92. The lowest BCUT2D eigenvalue weighted by Gasteiger charge is -2.17. The van der Waals surface area contributed by atoms with Gasteiger partial charge in [0.25, 0.3) is 0 Å². The second-order valence-corrected chi connectivity index (χ2v) is 5.35. The number of ether oxygens (including phenoxy) is 1. The van der Waals surface area contributed by atoms with E-state index in [0.29, 0.717) is 0 Å². The molecule has 0 radical (unpaired) electrons. The van der Waals surface area contributed by atoms with Crippen molar-refractivity contribution in [2.45, 2.75) is 26.3 Å². The van der Waals surface area contributed by atoms with Crippen molar-refractivity contribution in [1.82, 2.24) is 10.2 Å². The first kappa shape index (κ1) is 14.4. The van der Waals surface area contributed by atoms with E-state index in [0.717, 1.165) is 31.4 Å². The van der Waals surface area contributed by atoms with Gasteiger partial charge in [-0.3, -0.25) is 4.90 Å². The monoisotopic (exact) mass is 262 g/mol. The maximum absolute atomic E-state index is 5.94. The van der Waals surface area contributed by atoms with E-state index in [1.807, 2.05) is 13.1 Å². The fraction of sp³-hybridized carbons (Fsp3) is 0.625. The van der Waals surface area contributed by atoms with E-state index in [9.17, 15) is 0 Å². The van der Waals surface area contributed by atoms with Crippen LogP contribution in [0.4, 0.5) is 0 Å². The molecule has 3 heteroatoms. The van der Waals surface area contributed by atoms with E-state index < -0.39 is 0 Å².